The van der Waals surface area contributed by atoms with Gasteiger partial charge in [-0.2, -0.15) is 0 Å². The fourth-order valence-electron chi connectivity index (χ4n) is 2.18. The summed E-state index contributed by atoms with van der Waals surface area (Å²) in [7, 11) is 0. The molecule has 1 aromatic heterocycles. The van der Waals surface area contributed by atoms with Gasteiger partial charge in [-0.3, -0.25) is 4.79 Å². The van der Waals surface area contributed by atoms with Crippen LogP contribution >= 0.6 is 0 Å². The number of benzene rings is 1. The van der Waals surface area contributed by atoms with Gasteiger partial charge in [0.2, 0.25) is 5.43 Å². The summed E-state index contributed by atoms with van der Waals surface area (Å²) in [6.45, 7) is 4.23. The monoisotopic (exact) mass is 231 g/mol. The van der Waals surface area contributed by atoms with E-state index in [0.29, 0.717) is 17.6 Å². The summed E-state index contributed by atoms with van der Waals surface area (Å²) in [5.74, 6) is -1.17. The number of para-hydroxylation sites is 1. The SMILES string of the molecule is CCn1c(C)c(C(=O)O)c(=O)c2ccccc21. The van der Waals surface area contributed by atoms with Gasteiger partial charge in [0.25, 0.3) is 0 Å². The first-order valence-electron chi connectivity index (χ1n) is 5.43. The van der Waals surface area contributed by atoms with Crippen molar-refractivity contribution in [3.8, 4) is 0 Å². The molecule has 1 heterocycles. The highest BCUT2D eigenvalue weighted by Gasteiger charge is 2.17. The van der Waals surface area contributed by atoms with Crippen LogP contribution in [0.1, 0.15) is 23.0 Å². The first-order valence-corrected chi connectivity index (χ1v) is 5.43. The standard InChI is InChI=1S/C13H13NO3/c1-3-14-8(2)11(13(16)17)12(15)9-6-4-5-7-10(9)14/h4-7H,3H2,1-2H3,(H,16,17). The Morgan fingerprint density at radius 3 is 2.59 bits per heavy atom. The smallest absolute Gasteiger partial charge is 0.341 e. The van der Waals surface area contributed by atoms with Crippen LogP contribution in [0.4, 0.5) is 0 Å². The molecule has 0 aliphatic rings. The number of aromatic nitrogens is 1. The first kappa shape index (κ1) is 11.4. The Balaban J connectivity index is 3.05. The lowest BCUT2D eigenvalue weighted by molar-refractivity contribution is 0.0694. The van der Waals surface area contributed by atoms with E-state index >= 15 is 0 Å². The van der Waals surface area contributed by atoms with Gasteiger partial charge >= 0.3 is 5.97 Å². The van der Waals surface area contributed by atoms with Gasteiger partial charge in [0, 0.05) is 17.6 Å². The van der Waals surface area contributed by atoms with Crippen molar-refractivity contribution in [1.29, 1.82) is 0 Å². The Hall–Kier alpha value is -2.10. The molecule has 0 saturated heterocycles. The van der Waals surface area contributed by atoms with Crippen LogP contribution in [-0.2, 0) is 6.54 Å². The average molecular weight is 231 g/mol. The molecule has 0 amide bonds. The van der Waals surface area contributed by atoms with E-state index in [1.807, 2.05) is 23.6 Å². The summed E-state index contributed by atoms with van der Waals surface area (Å²) in [5.41, 5.74) is 0.743. The molecule has 0 aliphatic heterocycles. The number of aryl methyl sites for hydroxylation is 1. The lowest BCUT2D eigenvalue weighted by Gasteiger charge is -2.14. The first-order chi connectivity index (χ1) is 8.07. The van der Waals surface area contributed by atoms with Crippen molar-refractivity contribution in [3.05, 3.63) is 45.7 Å². The van der Waals surface area contributed by atoms with Gasteiger partial charge in [0.05, 0.1) is 5.52 Å². The molecule has 0 spiro atoms. The number of carbonyl (C=O) groups is 1. The summed E-state index contributed by atoms with van der Waals surface area (Å²) in [6.07, 6.45) is 0. The Morgan fingerprint density at radius 1 is 1.35 bits per heavy atom. The number of hydrogen-bond acceptors (Lipinski definition) is 2. The molecule has 0 saturated carbocycles. The molecule has 88 valence electrons. The highest BCUT2D eigenvalue weighted by molar-refractivity contribution is 5.94. The third-order valence-electron chi connectivity index (χ3n) is 2.96. The summed E-state index contributed by atoms with van der Waals surface area (Å²) in [5, 5.41) is 9.57. The zero-order valence-corrected chi connectivity index (χ0v) is 9.73. The van der Waals surface area contributed by atoms with Crippen LogP contribution in [0.3, 0.4) is 0 Å². The van der Waals surface area contributed by atoms with Crippen molar-refractivity contribution >= 4 is 16.9 Å². The van der Waals surface area contributed by atoms with E-state index in [2.05, 4.69) is 0 Å². The highest BCUT2D eigenvalue weighted by Crippen LogP contribution is 2.15. The number of pyridine rings is 1. The topological polar surface area (TPSA) is 59.3 Å². The maximum Gasteiger partial charge on any atom is 0.341 e. The zero-order valence-electron chi connectivity index (χ0n) is 9.73. The van der Waals surface area contributed by atoms with Crippen molar-refractivity contribution in [2.24, 2.45) is 0 Å². The molecule has 1 aromatic carbocycles. The van der Waals surface area contributed by atoms with E-state index < -0.39 is 11.4 Å². The molecular formula is C13H13NO3. The fourth-order valence-corrected chi connectivity index (χ4v) is 2.18. The molecule has 0 bridgehead atoms. The number of carboxylic acids is 1. The summed E-state index contributed by atoms with van der Waals surface area (Å²) in [4.78, 5) is 23.2. The number of nitrogens with zero attached hydrogens (tertiary/aromatic N) is 1. The van der Waals surface area contributed by atoms with Gasteiger partial charge in [0.1, 0.15) is 5.56 Å². The van der Waals surface area contributed by atoms with E-state index in [0.717, 1.165) is 5.52 Å². The minimum atomic E-state index is -1.17. The lowest BCUT2D eigenvalue weighted by atomic mass is 10.1. The van der Waals surface area contributed by atoms with Gasteiger partial charge in [-0.05, 0) is 26.0 Å². The molecule has 0 atom stereocenters. The van der Waals surface area contributed by atoms with E-state index in [1.165, 1.54) is 0 Å². The predicted molar refractivity (Wildman–Crippen MR) is 65.6 cm³/mol. The molecule has 0 radical (unpaired) electrons. The van der Waals surface area contributed by atoms with Crippen molar-refractivity contribution in [2.75, 3.05) is 0 Å². The third-order valence-corrected chi connectivity index (χ3v) is 2.96. The number of rotatable bonds is 2. The summed E-state index contributed by atoms with van der Waals surface area (Å²) in [6, 6.07) is 7.08. The Bertz CT molecular complexity index is 655. The summed E-state index contributed by atoms with van der Waals surface area (Å²) < 4.78 is 1.85. The van der Waals surface area contributed by atoms with Crippen LogP contribution < -0.4 is 5.43 Å². The van der Waals surface area contributed by atoms with Crippen molar-refractivity contribution in [2.45, 2.75) is 20.4 Å². The second-order valence-electron chi connectivity index (χ2n) is 3.86. The van der Waals surface area contributed by atoms with Crippen LogP contribution in [0.2, 0.25) is 0 Å². The number of fused-ring (bicyclic) bond motifs is 1. The molecule has 1 N–H and O–H groups in total. The Morgan fingerprint density at radius 2 is 2.00 bits per heavy atom. The van der Waals surface area contributed by atoms with Crippen molar-refractivity contribution < 1.29 is 9.90 Å². The average Bonchev–Trinajstić information content (AvgIpc) is 2.29. The van der Waals surface area contributed by atoms with Gasteiger partial charge in [-0.15, -0.1) is 0 Å². The zero-order chi connectivity index (χ0) is 12.6. The number of hydrogen-bond donors (Lipinski definition) is 1. The van der Waals surface area contributed by atoms with Gasteiger partial charge in [0.15, 0.2) is 0 Å². The van der Waals surface area contributed by atoms with Gasteiger partial charge < -0.3 is 9.67 Å². The maximum atomic E-state index is 12.1. The third kappa shape index (κ3) is 1.62. The predicted octanol–water partition coefficient (Wildman–Crippen LogP) is 2.03. The maximum absolute atomic E-state index is 12.1. The number of aromatic carboxylic acids is 1. The molecule has 0 aliphatic carbocycles. The minimum Gasteiger partial charge on any atom is -0.477 e. The van der Waals surface area contributed by atoms with Crippen LogP contribution in [-0.4, -0.2) is 15.6 Å². The largest absolute Gasteiger partial charge is 0.477 e. The van der Waals surface area contributed by atoms with Crippen LogP contribution in [0.15, 0.2) is 29.1 Å². The van der Waals surface area contributed by atoms with Gasteiger partial charge in [-0.1, -0.05) is 12.1 Å². The highest BCUT2D eigenvalue weighted by atomic mass is 16.4. The molecule has 17 heavy (non-hydrogen) atoms. The lowest BCUT2D eigenvalue weighted by Crippen LogP contribution is -2.22. The second kappa shape index (κ2) is 4.05. The molecular weight excluding hydrogens is 218 g/mol. The second-order valence-corrected chi connectivity index (χ2v) is 3.86. The van der Waals surface area contributed by atoms with Crippen LogP contribution in [0.25, 0.3) is 10.9 Å². The quantitative estimate of drug-likeness (QED) is 0.860. The molecule has 2 aromatic rings. The Kier molecular flexibility index (Phi) is 2.71. The Labute approximate surface area is 98.1 Å². The van der Waals surface area contributed by atoms with Crippen LogP contribution in [0.5, 0.6) is 0 Å². The molecule has 0 unspecified atom stereocenters. The van der Waals surface area contributed by atoms with E-state index in [-0.39, 0.29) is 5.56 Å². The van der Waals surface area contributed by atoms with E-state index in [4.69, 9.17) is 5.11 Å². The van der Waals surface area contributed by atoms with Crippen molar-refractivity contribution in [1.82, 2.24) is 4.57 Å². The molecule has 0 fully saturated rings. The molecule has 4 heteroatoms. The van der Waals surface area contributed by atoms with Crippen molar-refractivity contribution in [3.63, 3.8) is 0 Å². The van der Waals surface area contributed by atoms with Gasteiger partial charge in [-0.25, -0.2) is 4.79 Å². The van der Waals surface area contributed by atoms with E-state index in [9.17, 15) is 9.59 Å². The molecule has 2 rings (SSSR count). The number of carboxylic acid groups (broad SMARTS) is 1. The van der Waals surface area contributed by atoms with Crippen LogP contribution in [0, 0.1) is 6.92 Å². The summed E-state index contributed by atoms with van der Waals surface area (Å²) >= 11 is 0. The fraction of sp³-hybridized carbons (Fsp3) is 0.231. The van der Waals surface area contributed by atoms with E-state index in [1.54, 1.807) is 19.1 Å². The molecule has 4 nitrogen and oxygen atoms in total. The minimum absolute atomic E-state index is 0.134. The normalized spacial score (nSPS) is 10.7.